The molecule has 0 aliphatic carbocycles. The van der Waals surface area contributed by atoms with Crippen molar-refractivity contribution in [2.24, 2.45) is 5.92 Å². The number of likely N-dealkylation sites (tertiary alicyclic amines) is 1. The van der Waals surface area contributed by atoms with Gasteiger partial charge in [0, 0.05) is 34.6 Å². The number of halogens is 2. The highest BCUT2D eigenvalue weighted by Gasteiger charge is 2.36. The van der Waals surface area contributed by atoms with Crippen LogP contribution >= 0.6 is 23.2 Å². The Kier molecular flexibility index (Phi) is 9.01. The van der Waals surface area contributed by atoms with Crippen molar-refractivity contribution in [3.63, 3.8) is 0 Å². The first-order valence-corrected chi connectivity index (χ1v) is 14.7. The lowest BCUT2D eigenvalue weighted by atomic mass is 9.91. The molecule has 1 fully saturated rings. The highest BCUT2D eigenvalue weighted by Crippen LogP contribution is 2.36. The average molecular weight is 602 g/mol. The molecule has 0 saturated carbocycles. The minimum Gasteiger partial charge on any atom is -0.480 e. The van der Waals surface area contributed by atoms with Crippen LogP contribution in [0.4, 0.5) is 5.69 Å². The van der Waals surface area contributed by atoms with E-state index in [0.29, 0.717) is 23.1 Å². The maximum Gasteiger partial charge on any atom is 0.325 e. The highest BCUT2D eigenvalue weighted by atomic mass is 35.5. The van der Waals surface area contributed by atoms with Gasteiger partial charge in [0.15, 0.2) is 0 Å². The second-order valence-electron chi connectivity index (χ2n) is 9.65. The lowest BCUT2D eigenvalue weighted by Gasteiger charge is -2.44. The first-order chi connectivity index (χ1) is 18.9. The molecule has 3 N–H and O–H groups in total. The lowest BCUT2D eigenvalue weighted by molar-refractivity contribution is -0.138. The van der Waals surface area contributed by atoms with Gasteiger partial charge in [-0.05, 0) is 60.5 Å². The largest absolute Gasteiger partial charge is 0.480 e. The van der Waals surface area contributed by atoms with Crippen molar-refractivity contribution in [2.45, 2.75) is 19.0 Å². The van der Waals surface area contributed by atoms with Crippen LogP contribution in [0, 0.1) is 17.2 Å². The number of hydrogen-bond donors (Lipinski definition) is 3. The van der Waals surface area contributed by atoms with Gasteiger partial charge in [-0.2, -0.15) is 5.26 Å². The van der Waals surface area contributed by atoms with Crippen LogP contribution in [0.1, 0.15) is 40.0 Å². The molecule has 0 spiro atoms. The molecule has 0 unspecified atom stereocenters. The van der Waals surface area contributed by atoms with E-state index in [9.17, 15) is 23.3 Å². The molecule has 0 aromatic heterocycles. The molecule has 1 aliphatic rings. The summed E-state index contributed by atoms with van der Waals surface area (Å²) in [5.41, 5.74) is 2.10. The molecule has 0 radical (unpaired) electrons. The standard InChI is InChI=1S/C28H26Cl2N4O5S/c1-17(28(36)37)32-27(35)22-10-18(13-31)11-25(12-22)33-40(38,39)16-19-14-34(15-19)26(20-2-6-23(29)7-3-20)21-4-8-24(30)9-5-21/h2-12,17,19,26,33H,14-16H2,1H3,(H,32,35)(H,36,37)/t17-/m0/s1. The number of hydrogen-bond acceptors (Lipinski definition) is 6. The monoisotopic (exact) mass is 600 g/mol. The Morgan fingerprint density at radius 3 is 2.08 bits per heavy atom. The second kappa shape index (κ2) is 12.3. The quantitative estimate of drug-likeness (QED) is 0.310. The number of sulfonamides is 1. The zero-order valence-electron chi connectivity index (χ0n) is 21.3. The van der Waals surface area contributed by atoms with Crippen LogP contribution in [0.2, 0.25) is 10.0 Å². The zero-order chi connectivity index (χ0) is 29.0. The molecule has 3 aromatic carbocycles. The van der Waals surface area contributed by atoms with Crippen LogP contribution in [-0.4, -0.2) is 55.2 Å². The van der Waals surface area contributed by atoms with Crippen molar-refractivity contribution in [2.75, 3.05) is 23.6 Å². The Labute approximate surface area is 242 Å². The van der Waals surface area contributed by atoms with Crippen molar-refractivity contribution in [1.82, 2.24) is 10.2 Å². The Hall–Kier alpha value is -3.62. The molecule has 1 saturated heterocycles. The average Bonchev–Trinajstić information content (AvgIpc) is 2.88. The van der Waals surface area contributed by atoms with Crippen LogP contribution in [-0.2, 0) is 14.8 Å². The molecule has 1 heterocycles. The van der Waals surface area contributed by atoms with E-state index < -0.39 is 27.9 Å². The molecule has 3 aromatic rings. The Bertz CT molecular complexity index is 1510. The number of nitrogens with zero attached hydrogens (tertiary/aromatic N) is 2. The first-order valence-electron chi connectivity index (χ1n) is 12.3. The van der Waals surface area contributed by atoms with Crippen LogP contribution in [0.3, 0.4) is 0 Å². The molecule has 0 bridgehead atoms. The van der Waals surface area contributed by atoms with Crippen molar-refractivity contribution >= 4 is 50.8 Å². The molecule has 208 valence electrons. The fourth-order valence-electron chi connectivity index (χ4n) is 4.59. The van der Waals surface area contributed by atoms with E-state index in [1.54, 1.807) is 0 Å². The van der Waals surface area contributed by atoms with Crippen molar-refractivity contribution in [3.8, 4) is 6.07 Å². The number of carboxylic acids is 1. The summed E-state index contributed by atoms with van der Waals surface area (Å²) >= 11 is 12.2. The summed E-state index contributed by atoms with van der Waals surface area (Å²) in [7, 11) is -3.84. The van der Waals surface area contributed by atoms with Gasteiger partial charge in [0.2, 0.25) is 10.0 Å². The summed E-state index contributed by atoms with van der Waals surface area (Å²) in [6.45, 7) is 2.34. The minimum atomic E-state index is -3.84. The first kappa shape index (κ1) is 29.4. The van der Waals surface area contributed by atoms with Gasteiger partial charge in [0.05, 0.1) is 29.1 Å². The molecule has 9 nitrogen and oxygen atoms in total. The second-order valence-corrected chi connectivity index (χ2v) is 12.3. The smallest absolute Gasteiger partial charge is 0.325 e. The van der Waals surface area contributed by atoms with Gasteiger partial charge in [0.1, 0.15) is 6.04 Å². The van der Waals surface area contributed by atoms with E-state index >= 15 is 0 Å². The molecule has 1 amide bonds. The van der Waals surface area contributed by atoms with Gasteiger partial charge < -0.3 is 10.4 Å². The maximum atomic E-state index is 13.0. The van der Waals surface area contributed by atoms with Gasteiger partial charge in [-0.15, -0.1) is 0 Å². The Morgan fingerprint density at radius 2 is 1.57 bits per heavy atom. The summed E-state index contributed by atoms with van der Waals surface area (Å²) < 4.78 is 28.5. The van der Waals surface area contributed by atoms with Crippen LogP contribution < -0.4 is 10.0 Å². The van der Waals surface area contributed by atoms with E-state index in [1.807, 2.05) is 54.6 Å². The number of aliphatic carboxylic acids is 1. The van der Waals surface area contributed by atoms with Gasteiger partial charge in [0.25, 0.3) is 5.91 Å². The third-order valence-electron chi connectivity index (χ3n) is 6.49. The topological polar surface area (TPSA) is 140 Å². The lowest BCUT2D eigenvalue weighted by Crippen LogP contribution is -2.51. The Morgan fingerprint density at radius 1 is 1.02 bits per heavy atom. The number of carbonyl (C=O) groups is 2. The predicted molar refractivity (Wildman–Crippen MR) is 153 cm³/mol. The van der Waals surface area contributed by atoms with E-state index in [4.69, 9.17) is 28.3 Å². The van der Waals surface area contributed by atoms with E-state index in [1.165, 1.54) is 25.1 Å². The molecule has 40 heavy (non-hydrogen) atoms. The van der Waals surface area contributed by atoms with Crippen molar-refractivity contribution in [1.29, 1.82) is 5.26 Å². The number of anilines is 1. The Balaban J connectivity index is 1.45. The van der Waals surface area contributed by atoms with Crippen LogP contribution in [0.25, 0.3) is 0 Å². The van der Waals surface area contributed by atoms with Crippen LogP contribution in [0.15, 0.2) is 66.7 Å². The van der Waals surface area contributed by atoms with Crippen molar-refractivity contribution < 1.29 is 23.1 Å². The van der Waals surface area contributed by atoms with Gasteiger partial charge in [-0.1, -0.05) is 47.5 Å². The summed E-state index contributed by atoms with van der Waals surface area (Å²) in [5, 5.41) is 21.9. The number of nitrogens with one attached hydrogen (secondary N) is 2. The minimum absolute atomic E-state index is 0.0339. The maximum absolute atomic E-state index is 13.0. The number of carbonyl (C=O) groups excluding carboxylic acids is 1. The summed E-state index contributed by atoms with van der Waals surface area (Å²) in [5.74, 6) is -2.28. The third kappa shape index (κ3) is 7.31. The summed E-state index contributed by atoms with van der Waals surface area (Å²) in [6.07, 6.45) is 0. The molecule has 1 atom stereocenters. The normalized spacial score (nSPS) is 14.7. The predicted octanol–water partition coefficient (Wildman–Crippen LogP) is 4.53. The van der Waals surface area contributed by atoms with Crippen molar-refractivity contribution in [3.05, 3.63) is 99.0 Å². The highest BCUT2D eigenvalue weighted by molar-refractivity contribution is 7.92. The van der Waals surface area contributed by atoms with Gasteiger partial charge in [-0.25, -0.2) is 8.42 Å². The van der Waals surface area contributed by atoms with Gasteiger partial charge >= 0.3 is 5.97 Å². The summed E-state index contributed by atoms with van der Waals surface area (Å²) in [4.78, 5) is 25.7. The van der Waals surface area contributed by atoms with E-state index in [2.05, 4.69) is 14.9 Å². The molecular weight excluding hydrogens is 575 g/mol. The fourth-order valence-corrected chi connectivity index (χ4v) is 6.23. The molecule has 1 aliphatic heterocycles. The van der Waals surface area contributed by atoms with Crippen LogP contribution in [0.5, 0.6) is 0 Å². The SMILES string of the molecule is C[C@H](NC(=O)c1cc(C#N)cc(NS(=O)(=O)CC2CN(C(c3ccc(Cl)cc3)c3ccc(Cl)cc3)C2)c1)C(=O)O. The fraction of sp³-hybridized carbons (Fsp3) is 0.250. The molecular formula is C28H26Cl2N4O5S. The number of nitriles is 1. The van der Waals surface area contributed by atoms with Gasteiger partial charge in [-0.3, -0.25) is 19.2 Å². The summed E-state index contributed by atoms with van der Waals surface area (Å²) in [6, 6.07) is 19.5. The molecule has 4 rings (SSSR count). The number of rotatable bonds is 10. The number of carboxylic acid groups (broad SMARTS) is 1. The number of benzene rings is 3. The van der Waals surface area contributed by atoms with E-state index in [-0.39, 0.29) is 34.5 Å². The number of amides is 1. The third-order valence-corrected chi connectivity index (χ3v) is 8.45. The molecule has 12 heteroatoms. The van der Waals surface area contributed by atoms with E-state index in [0.717, 1.165) is 11.1 Å². The zero-order valence-corrected chi connectivity index (χ0v) is 23.7.